The number of hydrogen-bond acceptors (Lipinski definition) is 6. The van der Waals surface area contributed by atoms with Gasteiger partial charge in [0.2, 0.25) is 15.0 Å². The minimum Gasteiger partial charge on any atom is -0.467 e. The van der Waals surface area contributed by atoms with Crippen LogP contribution in [-0.4, -0.2) is 41.5 Å². The predicted octanol–water partition coefficient (Wildman–Crippen LogP) is 4.61. The number of ether oxygens (including phenoxy) is 1. The molecule has 1 saturated heterocycles. The van der Waals surface area contributed by atoms with Crippen LogP contribution in [0.15, 0.2) is 88.8 Å². The summed E-state index contributed by atoms with van der Waals surface area (Å²) in [4.78, 5) is 19.4. The summed E-state index contributed by atoms with van der Waals surface area (Å²) in [5.74, 6) is -0.381. The smallest absolute Gasteiger partial charge is 0.254 e. The number of amides is 1. The second-order valence-corrected chi connectivity index (χ2v) is 11.2. The van der Waals surface area contributed by atoms with E-state index in [2.05, 4.69) is 4.98 Å². The molecule has 1 amide bonds. The topological polar surface area (TPSA) is 94.6 Å². The molecule has 1 atom stereocenters. The Morgan fingerprint density at radius 3 is 2.53 bits per heavy atom. The minimum absolute atomic E-state index is 0.0996. The first-order valence-corrected chi connectivity index (χ1v) is 14.0. The average Bonchev–Trinajstić information content (AvgIpc) is 3.69. The molecule has 1 aliphatic heterocycles. The molecule has 38 heavy (non-hydrogen) atoms. The molecule has 2 aromatic carbocycles. The van der Waals surface area contributed by atoms with Crippen molar-refractivity contribution in [3.63, 3.8) is 0 Å². The van der Waals surface area contributed by atoms with Gasteiger partial charge in [-0.1, -0.05) is 30.3 Å². The Morgan fingerprint density at radius 2 is 1.84 bits per heavy atom. The lowest BCUT2D eigenvalue weighted by molar-refractivity contribution is 0.0706. The van der Waals surface area contributed by atoms with E-state index >= 15 is 0 Å². The molecule has 0 aliphatic carbocycles. The van der Waals surface area contributed by atoms with Gasteiger partial charge >= 0.3 is 0 Å². The SMILES string of the molecule is O=C(c1ccccc1)N(Cc1ccco1)Cc1cnc(S(=O)(=O)Cc2ccc(F)cc2)n1C[C@@H]1CCCO1. The number of benzene rings is 2. The van der Waals surface area contributed by atoms with Crippen molar-refractivity contribution in [3.8, 4) is 0 Å². The van der Waals surface area contributed by atoms with E-state index in [9.17, 15) is 17.6 Å². The van der Waals surface area contributed by atoms with E-state index in [0.29, 0.717) is 35.7 Å². The second kappa shape index (κ2) is 11.3. The van der Waals surface area contributed by atoms with Crippen molar-refractivity contribution in [1.29, 1.82) is 0 Å². The molecular weight excluding hydrogens is 509 g/mol. The van der Waals surface area contributed by atoms with Crippen LogP contribution in [0, 0.1) is 5.82 Å². The lowest BCUT2D eigenvalue weighted by atomic mass is 10.2. The van der Waals surface area contributed by atoms with E-state index in [4.69, 9.17) is 9.15 Å². The van der Waals surface area contributed by atoms with Crippen LogP contribution in [0.1, 0.15) is 40.2 Å². The predicted molar refractivity (Wildman–Crippen MR) is 137 cm³/mol. The van der Waals surface area contributed by atoms with Gasteiger partial charge in [-0.25, -0.2) is 17.8 Å². The third-order valence-corrected chi connectivity index (χ3v) is 8.04. The summed E-state index contributed by atoms with van der Waals surface area (Å²) in [5, 5.41) is -0.0996. The monoisotopic (exact) mass is 537 g/mol. The average molecular weight is 538 g/mol. The van der Waals surface area contributed by atoms with E-state index in [-0.39, 0.29) is 36.0 Å². The van der Waals surface area contributed by atoms with Gasteiger partial charge in [0.15, 0.2) is 0 Å². The maximum Gasteiger partial charge on any atom is 0.254 e. The van der Waals surface area contributed by atoms with Crippen molar-refractivity contribution in [2.24, 2.45) is 0 Å². The van der Waals surface area contributed by atoms with Crippen LogP contribution >= 0.6 is 0 Å². The standard InChI is InChI=1S/C28H28FN3O5S/c29-23-12-10-21(11-13-23)20-38(34,35)28-30-16-24(32(28)19-26-9-5-15-37-26)17-31(18-25-8-4-14-36-25)27(33)22-6-2-1-3-7-22/h1-4,6-8,10-14,16,26H,5,9,15,17-20H2/t26-/m0/s1. The van der Waals surface area contributed by atoms with Gasteiger partial charge in [-0.3, -0.25) is 4.79 Å². The normalized spacial score (nSPS) is 15.6. The molecule has 0 radical (unpaired) electrons. The first kappa shape index (κ1) is 25.9. The van der Waals surface area contributed by atoms with E-state index in [0.717, 1.165) is 12.8 Å². The van der Waals surface area contributed by atoms with Crippen LogP contribution < -0.4 is 0 Å². The number of carbonyl (C=O) groups is 1. The van der Waals surface area contributed by atoms with E-state index in [1.54, 1.807) is 52.1 Å². The number of sulfone groups is 1. The van der Waals surface area contributed by atoms with E-state index < -0.39 is 15.7 Å². The van der Waals surface area contributed by atoms with Crippen LogP contribution in [0.5, 0.6) is 0 Å². The summed E-state index contributed by atoms with van der Waals surface area (Å²) in [7, 11) is -3.88. The van der Waals surface area contributed by atoms with Gasteiger partial charge in [0.25, 0.3) is 5.91 Å². The molecule has 8 nitrogen and oxygen atoms in total. The van der Waals surface area contributed by atoms with Gasteiger partial charge < -0.3 is 18.6 Å². The number of carbonyl (C=O) groups excluding carboxylic acids is 1. The number of furan rings is 1. The molecule has 0 spiro atoms. The zero-order valence-corrected chi connectivity index (χ0v) is 21.5. The van der Waals surface area contributed by atoms with E-state index in [1.165, 1.54) is 30.5 Å². The summed E-state index contributed by atoms with van der Waals surface area (Å²) >= 11 is 0. The number of nitrogens with zero attached hydrogens (tertiary/aromatic N) is 3. The fourth-order valence-electron chi connectivity index (χ4n) is 4.57. The molecule has 0 bridgehead atoms. The van der Waals surface area contributed by atoms with Crippen molar-refractivity contribution in [2.45, 2.75) is 49.5 Å². The summed E-state index contributed by atoms with van der Waals surface area (Å²) in [6.07, 6.45) is 4.57. The summed E-state index contributed by atoms with van der Waals surface area (Å²) in [6.45, 7) is 1.22. The van der Waals surface area contributed by atoms with Gasteiger partial charge in [0.1, 0.15) is 11.6 Å². The van der Waals surface area contributed by atoms with Gasteiger partial charge in [0.05, 0.1) is 49.6 Å². The highest BCUT2D eigenvalue weighted by Gasteiger charge is 2.29. The van der Waals surface area contributed by atoms with Crippen molar-refractivity contribution < 1.29 is 26.8 Å². The molecule has 3 heterocycles. The Hall–Kier alpha value is -3.76. The highest BCUT2D eigenvalue weighted by atomic mass is 32.2. The van der Waals surface area contributed by atoms with Gasteiger partial charge in [-0.2, -0.15) is 0 Å². The first-order chi connectivity index (χ1) is 18.4. The molecule has 0 saturated carbocycles. The molecule has 10 heteroatoms. The zero-order chi connectivity index (χ0) is 26.5. The molecule has 1 fully saturated rings. The zero-order valence-electron chi connectivity index (χ0n) is 20.7. The van der Waals surface area contributed by atoms with Crippen LogP contribution in [0.3, 0.4) is 0 Å². The first-order valence-electron chi connectivity index (χ1n) is 12.4. The molecule has 1 aliphatic rings. The van der Waals surface area contributed by atoms with Crippen LogP contribution in [0.2, 0.25) is 0 Å². The quantitative estimate of drug-likeness (QED) is 0.293. The van der Waals surface area contributed by atoms with Crippen LogP contribution in [0.4, 0.5) is 4.39 Å². The highest BCUT2D eigenvalue weighted by molar-refractivity contribution is 7.90. The van der Waals surface area contributed by atoms with Crippen molar-refractivity contribution >= 4 is 15.7 Å². The van der Waals surface area contributed by atoms with Gasteiger partial charge in [-0.15, -0.1) is 0 Å². The minimum atomic E-state index is -3.88. The lowest BCUT2D eigenvalue weighted by Gasteiger charge is -2.24. The fourth-order valence-corrected chi connectivity index (χ4v) is 6.07. The number of aromatic nitrogens is 2. The van der Waals surface area contributed by atoms with Crippen LogP contribution in [-0.2, 0) is 40.0 Å². The Balaban J connectivity index is 1.48. The molecule has 198 valence electrons. The maximum atomic E-state index is 13.5. The highest BCUT2D eigenvalue weighted by Crippen LogP contribution is 2.24. The number of halogens is 1. The number of hydrogen-bond donors (Lipinski definition) is 0. The van der Waals surface area contributed by atoms with E-state index in [1.807, 2.05) is 6.07 Å². The Labute approximate surface area is 220 Å². The number of rotatable bonds is 10. The Morgan fingerprint density at radius 1 is 1.05 bits per heavy atom. The summed E-state index contributed by atoms with van der Waals surface area (Å²) in [5.41, 5.74) is 1.53. The van der Waals surface area contributed by atoms with Crippen LogP contribution in [0.25, 0.3) is 0 Å². The molecule has 5 rings (SSSR count). The van der Waals surface area contributed by atoms with Crippen molar-refractivity contribution in [2.75, 3.05) is 6.61 Å². The molecular formula is C28H28FN3O5S. The second-order valence-electron chi connectivity index (χ2n) is 9.27. The third-order valence-electron chi connectivity index (χ3n) is 6.45. The summed E-state index contributed by atoms with van der Waals surface area (Å²) < 4.78 is 53.3. The van der Waals surface area contributed by atoms with Gasteiger partial charge in [0, 0.05) is 12.2 Å². The Kier molecular flexibility index (Phi) is 7.71. The number of imidazole rings is 1. The van der Waals surface area contributed by atoms with Gasteiger partial charge in [-0.05, 0) is 54.8 Å². The maximum absolute atomic E-state index is 13.5. The lowest BCUT2D eigenvalue weighted by Crippen LogP contribution is -2.32. The van der Waals surface area contributed by atoms with Crippen molar-refractivity contribution in [1.82, 2.24) is 14.5 Å². The molecule has 4 aromatic rings. The van der Waals surface area contributed by atoms with Crippen molar-refractivity contribution in [3.05, 3.63) is 108 Å². The molecule has 0 unspecified atom stereocenters. The fraction of sp³-hybridized carbons (Fsp3) is 0.286. The summed E-state index contributed by atoms with van der Waals surface area (Å²) in [6, 6.07) is 17.8. The Bertz CT molecular complexity index is 1460. The molecule has 2 aromatic heterocycles. The third kappa shape index (κ3) is 6.03. The largest absolute Gasteiger partial charge is 0.467 e. The molecule has 0 N–H and O–H groups in total.